The van der Waals surface area contributed by atoms with Crippen molar-refractivity contribution < 1.29 is 13.9 Å². The molecule has 4 aromatic heterocycles. The Morgan fingerprint density at radius 1 is 1.21 bits per heavy atom. The third-order valence-electron chi connectivity index (χ3n) is 4.80. The summed E-state index contributed by atoms with van der Waals surface area (Å²) in [6, 6.07) is 13.2. The quantitative estimate of drug-likeness (QED) is 0.295. The molecule has 0 saturated heterocycles. The first-order valence-electron chi connectivity index (χ1n) is 10.5. The summed E-state index contributed by atoms with van der Waals surface area (Å²) in [5.74, 6) is 2.22. The second-order valence-corrected chi connectivity index (χ2v) is 9.10. The number of aromatic nitrogens is 5. The molecule has 5 aromatic rings. The lowest BCUT2D eigenvalue weighted by molar-refractivity contribution is -0.113. The lowest BCUT2D eigenvalue weighted by atomic mass is 10.2. The van der Waals surface area contributed by atoms with Gasteiger partial charge in [-0.1, -0.05) is 23.1 Å². The summed E-state index contributed by atoms with van der Waals surface area (Å²) >= 11 is 2.72. The van der Waals surface area contributed by atoms with E-state index in [9.17, 15) is 4.79 Å². The third kappa shape index (κ3) is 4.95. The number of carbonyl (C=O) groups excluding carboxylic acids is 1. The van der Waals surface area contributed by atoms with E-state index >= 15 is 0 Å². The number of hydrogen-bond donors (Lipinski definition) is 1. The van der Waals surface area contributed by atoms with Gasteiger partial charge in [-0.05, 0) is 49.4 Å². The highest BCUT2D eigenvalue weighted by molar-refractivity contribution is 7.99. The highest BCUT2D eigenvalue weighted by Crippen LogP contribution is 2.30. The predicted octanol–water partition coefficient (Wildman–Crippen LogP) is 4.72. The van der Waals surface area contributed by atoms with Gasteiger partial charge in [0.05, 0.1) is 35.4 Å². The van der Waals surface area contributed by atoms with Crippen LogP contribution in [0.15, 0.2) is 70.7 Å². The van der Waals surface area contributed by atoms with Crippen molar-refractivity contribution in [2.45, 2.75) is 18.6 Å². The van der Waals surface area contributed by atoms with Crippen molar-refractivity contribution in [1.82, 2.24) is 24.7 Å². The number of rotatable bonds is 9. The molecule has 0 saturated carbocycles. The molecule has 5 rings (SSSR count). The molecule has 1 N–H and O–H groups in total. The number of furan rings is 1. The Morgan fingerprint density at radius 2 is 2.09 bits per heavy atom. The van der Waals surface area contributed by atoms with Gasteiger partial charge >= 0.3 is 0 Å². The largest absolute Gasteiger partial charge is 0.494 e. The molecule has 0 fully saturated rings. The monoisotopic (exact) mass is 492 g/mol. The molecule has 1 amide bonds. The number of carbonyl (C=O) groups is 1. The zero-order valence-corrected chi connectivity index (χ0v) is 19.8. The van der Waals surface area contributed by atoms with E-state index in [2.05, 4.69) is 25.5 Å². The molecule has 9 nitrogen and oxygen atoms in total. The average molecular weight is 493 g/mol. The van der Waals surface area contributed by atoms with Crippen LogP contribution in [-0.2, 0) is 11.3 Å². The van der Waals surface area contributed by atoms with Gasteiger partial charge in [-0.3, -0.25) is 14.3 Å². The van der Waals surface area contributed by atoms with Crippen molar-refractivity contribution in [3.05, 3.63) is 66.9 Å². The van der Waals surface area contributed by atoms with E-state index in [1.165, 1.54) is 23.1 Å². The zero-order chi connectivity index (χ0) is 23.3. The molecular weight excluding hydrogens is 472 g/mol. The predicted molar refractivity (Wildman–Crippen MR) is 131 cm³/mol. The number of amides is 1. The van der Waals surface area contributed by atoms with E-state index < -0.39 is 0 Å². The molecular formula is C23H20N6O3S2. The molecule has 34 heavy (non-hydrogen) atoms. The van der Waals surface area contributed by atoms with Gasteiger partial charge in [-0.2, -0.15) is 0 Å². The zero-order valence-electron chi connectivity index (χ0n) is 18.2. The van der Waals surface area contributed by atoms with E-state index in [4.69, 9.17) is 9.15 Å². The first-order valence-corrected chi connectivity index (χ1v) is 12.3. The van der Waals surface area contributed by atoms with Crippen LogP contribution in [0.2, 0.25) is 0 Å². The number of pyridine rings is 1. The second kappa shape index (κ2) is 10.1. The van der Waals surface area contributed by atoms with Crippen LogP contribution in [0.5, 0.6) is 5.75 Å². The van der Waals surface area contributed by atoms with Gasteiger partial charge in [0.1, 0.15) is 11.5 Å². The van der Waals surface area contributed by atoms with Crippen LogP contribution in [0, 0.1) is 0 Å². The number of thioether (sulfide) groups is 1. The van der Waals surface area contributed by atoms with Gasteiger partial charge in [0.25, 0.3) is 0 Å². The van der Waals surface area contributed by atoms with Crippen LogP contribution in [0.4, 0.5) is 5.13 Å². The molecule has 0 atom stereocenters. The summed E-state index contributed by atoms with van der Waals surface area (Å²) in [4.78, 5) is 21.2. The Labute approximate surface area is 203 Å². The van der Waals surface area contributed by atoms with E-state index in [1.54, 1.807) is 18.7 Å². The Morgan fingerprint density at radius 3 is 2.88 bits per heavy atom. The number of nitrogens with zero attached hydrogens (tertiary/aromatic N) is 5. The molecule has 1 aromatic carbocycles. The fourth-order valence-corrected chi connectivity index (χ4v) is 4.96. The van der Waals surface area contributed by atoms with Crippen LogP contribution in [0.25, 0.3) is 21.6 Å². The molecule has 0 bridgehead atoms. The minimum atomic E-state index is -0.174. The van der Waals surface area contributed by atoms with Crippen LogP contribution in [0.1, 0.15) is 12.7 Å². The molecule has 0 spiro atoms. The van der Waals surface area contributed by atoms with E-state index in [1.807, 2.05) is 54.0 Å². The van der Waals surface area contributed by atoms with Crippen molar-refractivity contribution in [3.63, 3.8) is 0 Å². The number of nitrogens with one attached hydrogen (secondary N) is 1. The van der Waals surface area contributed by atoms with Crippen molar-refractivity contribution in [2.24, 2.45) is 0 Å². The summed E-state index contributed by atoms with van der Waals surface area (Å²) in [7, 11) is 0. The van der Waals surface area contributed by atoms with Crippen LogP contribution in [0.3, 0.4) is 0 Å². The summed E-state index contributed by atoms with van der Waals surface area (Å²) in [5, 5.41) is 12.7. The van der Waals surface area contributed by atoms with Gasteiger partial charge in [0, 0.05) is 18.0 Å². The molecule has 0 aliphatic rings. The number of thiazole rings is 1. The Kier molecular flexibility index (Phi) is 6.54. The molecule has 4 heterocycles. The maximum atomic E-state index is 12.7. The normalized spacial score (nSPS) is 11.1. The molecule has 172 valence electrons. The van der Waals surface area contributed by atoms with Crippen LogP contribution < -0.4 is 10.1 Å². The van der Waals surface area contributed by atoms with Crippen molar-refractivity contribution in [2.75, 3.05) is 17.7 Å². The van der Waals surface area contributed by atoms with Gasteiger partial charge in [-0.25, -0.2) is 4.98 Å². The first-order chi connectivity index (χ1) is 16.7. The Balaban J connectivity index is 1.30. The average Bonchev–Trinajstić information content (AvgIpc) is 3.59. The minimum Gasteiger partial charge on any atom is -0.494 e. The lowest BCUT2D eigenvalue weighted by Gasteiger charge is -2.08. The first kappa shape index (κ1) is 22.1. The topological polar surface area (TPSA) is 108 Å². The summed E-state index contributed by atoms with van der Waals surface area (Å²) < 4.78 is 13.9. The SMILES string of the molecule is CCOc1ccc2nc(NC(=O)CSc3nnc(-c4ccncc4)n3Cc3ccco3)sc2c1. The summed E-state index contributed by atoms with van der Waals surface area (Å²) in [5.41, 5.74) is 1.70. The van der Waals surface area contributed by atoms with Crippen molar-refractivity contribution >= 4 is 44.4 Å². The molecule has 0 radical (unpaired) electrons. The maximum Gasteiger partial charge on any atom is 0.236 e. The maximum absolute atomic E-state index is 12.7. The summed E-state index contributed by atoms with van der Waals surface area (Å²) in [6.07, 6.45) is 5.04. The molecule has 11 heteroatoms. The lowest BCUT2D eigenvalue weighted by Crippen LogP contribution is -2.14. The number of fused-ring (bicyclic) bond motifs is 1. The van der Waals surface area contributed by atoms with E-state index in [0.717, 1.165) is 27.3 Å². The smallest absolute Gasteiger partial charge is 0.236 e. The second-order valence-electron chi connectivity index (χ2n) is 7.13. The fraction of sp³-hybridized carbons (Fsp3) is 0.174. The van der Waals surface area contributed by atoms with Gasteiger partial charge in [0.2, 0.25) is 5.91 Å². The van der Waals surface area contributed by atoms with Crippen LogP contribution >= 0.6 is 23.1 Å². The molecule has 0 unspecified atom stereocenters. The highest BCUT2D eigenvalue weighted by atomic mass is 32.2. The number of benzene rings is 1. The van der Waals surface area contributed by atoms with Crippen molar-refractivity contribution in [1.29, 1.82) is 0 Å². The number of ether oxygens (including phenoxy) is 1. The third-order valence-corrected chi connectivity index (χ3v) is 6.70. The Bertz CT molecular complexity index is 1400. The van der Waals surface area contributed by atoms with Gasteiger partial charge in [0.15, 0.2) is 16.1 Å². The fourth-order valence-electron chi connectivity index (χ4n) is 3.31. The number of anilines is 1. The van der Waals surface area contributed by atoms with E-state index in [-0.39, 0.29) is 11.7 Å². The minimum absolute atomic E-state index is 0.159. The Hall–Kier alpha value is -3.70. The van der Waals surface area contributed by atoms with E-state index in [0.29, 0.717) is 29.3 Å². The summed E-state index contributed by atoms with van der Waals surface area (Å²) in [6.45, 7) is 2.98. The highest BCUT2D eigenvalue weighted by Gasteiger charge is 2.17. The van der Waals surface area contributed by atoms with Crippen molar-refractivity contribution in [3.8, 4) is 17.1 Å². The van der Waals surface area contributed by atoms with Crippen LogP contribution in [-0.4, -0.2) is 43.0 Å². The molecule has 0 aliphatic heterocycles. The number of hydrogen-bond acceptors (Lipinski definition) is 9. The van der Waals surface area contributed by atoms with Gasteiger partial charge < -0.3 is 14.5 Å². The molecule has 0 aliphatic carbocycles. The van der Waals surface area contributed by atoms with Gasteiger partial charge in [-0.15, -0.1) is 10.2 Å². The standard InChI is InChI=1S/C23H20N6O3S2/c1-2-31-16-5-6-18-19(12-16)34-22(25-18)26-20(30)14-33-23-28-27-21(15-7-9-24-10-8-15)29(23)13-17-4-3-11-32-17/h3-12H,2,13-14H2,1H3,(H,25,26,30).